The molecule has 5 heteroatoms. The van der Waals surface area contributed by atoms with E-state index in [9.17, 15) is 4.79 Å². The molecule has 0 heterocycles. The van der Waals surface area contributed by atoms with Crippen LogP contribution in [-0.4, -0.2) is 17.7 Å². The van der Waals surface area contributed by atoms with E-state index < -0.39 is 0 Å². The Balaban J connectivity index is 2.03. The van der Waals surface area contributed by atoms with Crippen molar-refractivity contribution in [3.8, 4) is 0 Å². The molecule has 0 saturated heterocycles. The number of thiocarbonyl (C=S) groups is 1. The Labute approximate surface area is 148 Å². The summed E-state index contributed by atoms with van der Waals surface area (Å²) in [6.45, 7) is 6.43. The van der Waals surface area contributed by atoms with Crippen molar-refractivity contribution < 1.29 is 9.53 Å². The summed E-state index contributed by atoms with van der Waals surface area (Å²) in [4.78, 5) is 11.8. The van der Waals surface area contributed by atoms with Gasteiger partial charge in [0.1, 0.15) is 0 Å². The summed E-state index contributed by atoms with van der Waals surface area (Å²) in [5, 5.41) is 6.72. The van der Waals surface area contributed by atoms with Crippen LogP contribution in [0.3, 0.4) is 0 Å². The van der Waals surface area contributed by atoms with Gasteiger partial charge in [-0.2, -0.15) is 0 Å². The van der Waals surface area contributed by atoms with Crippen LogP contribution in [0.1, 0.15) is 42.6 Å². The number of esters is 1. The van der Waals surface area contributed by atoms with Crippen LogP contribution in [0.15, 0.2) is 48.5 Å². The topological polar surface area (TPSA) is 50.4 Å². The smallest absolute Gasteiger partial charge is 0.338 e. The average molecular weight is 342 g/mol. The standard InChI is InChI=1S/C19H22N2O2S/c1-4-23-18(22)15-8-6-10-17(12-15)21-19(24)20-16-9-5-7-14(11-16)13(2)3/h5-13H,4H2,1-3H3,(H2,20,21,24). The SMILES string of the molecule is CCOC(=O)c1cccc(NC(=S)Nc2cccc(C(C)C)c2)c1. The lowest BCUT2D eigenvalue weighted by Gasteiger charge is -2.13. The number of nitrogens with one attached hydrogen (secondary N) is 2. The number of ether oxygens (including phenoxy) is 1. The van der Waals surface area contributed by atoms with Gasteiger partial charge in [-0.3, -0.25) is 0 Å². The van der Waals surface area contributed by atoms with E-state index in [1.165, 1.54) is 5.56 Å². The average Bonchev–Trinajstić information content (AvgIpc) is 2.55. The van der Waals surface area contributed by atoms with Crippen molar-refractivity contribution in [1.29, 1.82) is 0 Å². The molecule has 24 heavy (non-hydrogen) atoms. The van der Waals surface area contributed by atoms with Crippen molar-refractivity contribution in [2.24, 2.45) is 0 Å². The second-order valence-corrected chi connectivity index (χ2v) is 6.07. The van der Waals surface area contributed by atoms with Crippen LogP contribution in [0.5, 0.6) is 0 Å². The summed E-state index contributed by atoms with van der Waals surface area (Å²) in [6.07, 6.45) is 0. The van der Waals surface area contributed by atoms with E-state index in [2.05, 4.69) is 36.6 Å². The second kappa shape index (κ2) is 8.45. The summed E-state index contributed by atoms with van der Waals surface area (Å²) in [5.74, 6) is 0.110. The molecule has 0 spiro atoms. The molecule has 2 rings (SSSR count). The minimum absolute atomic E-state index is 0.343. The molecule has 4 nitrogen and oxygen atoms in total. The molecule has 0 amide bonds. The number of carbonyl (C=O) groups is 1. The van der Waals surface area contributed by atoms with Gasteiger partial charge in [0.05, 0.1) is 12.2 Å². The fourth-order valence-electron chi connectivity index (χ4n) is 2.21. The maximum atomic E-state index is 11.8. The normalized spacial score (nSPS) is 10.3. The second-order valence-electron chi connectivity index (χ2n) is 5.66. The molecule has 0 aromatic heterocycles. The predicted molar refractivity (Wildman–Crippen MR) is 103 cm³/mol. The van der Waals surface area contributed by atoms with Crippen LogP contribution in [0.2, 0.25) is 0 Å². The Morgan fingerprint density at radius 2 is 1.71 bits per heavy atom. The molecule has 2 N–H and O–H groups in total. The molecule has 0 radical (unpaired) electrons. The van der Waals surface area contributed by atoms with Crippen LogP contribution in [0.4, 0.5) is 11.4 Å². The van der Waals surface area contributed by atoms with E-state index >= 15 is 0 Å². The van der Waals surface area contributed by atoms with Gasteiger partial charge in [0, 0.05) is 11.4 Å². The van der Waals surface area contributed by atoms with Crippen molar-refractivity contribution in [2.75, 3.05) is 17.2 Å². The Morgan fingerprint density at radius 3 is 2.33 bits per heavy atom. The lowest BCUT2D eigenvalue weighted by Crippen LogP contribution is -2.19. The molecule has 0 saturated carbocycles. The van der Waals surface area contributed by atoms with Gasteiger partial charge in [0.15, 0.2) is 5.11 Å². The molecular weight excluding hydrogens is 320 g/mol. The van der Waals surface area contributed by atoms with E-state index in [1.807, 2.05) is 18.2 Å². The van der Waals surface area contributed by atoms with Gasteiger partial charge in [0.2, 0.25) is 0 Å². The van der Waals surface area contributed by atoms with Gasteiger partial charge in [-0.25, -0.2) is 4.79 Å². The van der Waals surface area contributed by atoms with Gasteiger partial charge in [0.25, 0.3) is 0 Å². The monoisotopic (exact) mass is 342 g/mol. The molecule has 0 aliphatic rings. The van der Waals surface area contributed by atoms with E-state index in [4.69, 9.17) is 17.0 Å². The summed E-state index contributed by atoms with van der Waals surface area (Å²) in [7, 11) is 0. The highest BCUT2D eigenvalue weighted by Crippen LogP contribution is 2.19. The van der Waals surface area contributed by atoms with E-state index in [0.29, 0.717) is 23.2 Å². The quantitative estimate of drug-likeness (QED) is 0.604. The van der Waals surface area contributed by atoms with Gasteiger partial charge < -0.3 is 15.4 Å². The van der Waals surface area contributed by atoms with Crippen LogP contribution in [0.25, 0.3) is 0 Å². The van der Waals surface area contributed by atoms with E-state index in [0.717, 1.165) is 11.4 Å². The third-order valence-electron chi connectivity index (χ3n) is 3.44. The first-order valence-electron chi connectivity index (χ1n) is 7.94. The van der Waals surface area contributed by atoms with Crippen molar-refractivity contribution in [3.63, 3.8) is 0 Å². The predicted octanol–water partition coefficient (Wildman–Crippen LogP) is 4.80. The molecular formula is C19H22N2O2S. The molecule has 0 bridgehead atoms. The Kier molecular flexibility index (Phi) is 6.32. The van der Waals surface area contributed by atoms with Crippen molar-refractivity contribution in [1.82, 2.24) is 0 Å². The maximum Gasteiger partial charge on any atom is 0.338 e. The van der Waals surface area contributed by atoms with Gasteiger partial charge in [-0.1, -0.05) is 32.0 Å². The largest absolute Gasteiger partial charge is 0.462 e. The maximum absolute atomic E-state index is 11.8. The fourth-order valence-corrected chi connectivity index (χ4v) is 2.44. The van der Waals surface area contributed by atoms with Gasteiger partial charge in [-0.05, 0) is 61.0 Å². The molecule has 126 valence electrons. The zero-order valence-electron chi connectivity index (χ0n) is 14.1. The summed E-state index contributed by atoms with van der Waals surface area (Å²) < 4.78 is 5.00. The van der Waals surface area contributed by atoms with Crippen molar-refractivity contribution >= 4 is 34.7 Å². The third-order valence-corrected chi connectivity index (χ3v) is 3.65. The first-order chi connectivity index (χ1) is 11.5. The van der Waals surface area contributed by atoms with E-state index in [1.54, 1.807) is 25.1 Å². The first-order valence-corrected chi connectivity index (χ1v) is 8.35. The molecule has 0 atom stereocenters. The third kappa shape index (κ3) is 5.06. The zero-order valence-corrected chi connectivity index (χ0v) is 14.9. The minimum atomic E-state index is -0.343. The highest BCUT2D eigenvalue weighted by atomic mass is 32.1. The molecule has 0 aliphatic heterocycles. The lowest BCUT2D eigenvalue weighted by atomic mass is 10.0. The van der Waals surface area contributed by atoms with Crippen LogP contribution in [0, 0.1) is 0 Å². The molecule has 0 aliphatic carbocycles. The van der Waals surface area contributed by atoms with E-state index in [-0.39, 0.29) is 5.97 Å². The van der Waals surface area contributed by atoms with Crippen molar-refractivity contribution in [2.45, 2.75) is 26.7 Å². The molecule has 2 aromatic carbocycles. The van der Waals surface area contributed by atoms with Crippen LogP contribution >= 0.6 is 12.2 Å². The number of hydrogen-bond donors (Lipinski definition) is 2. The summed E-state index contributed by atoms with van der Waals surface area (Å²) in [5.41, 5.74) is 3.40. The molecule has 0 unspecified atom stereocenters. The van der Waals surface area contributed by atoms with Crippen molar-refractivity contribution in [3.05, 3.63) is 59.7 Å². The van der Waals surface area contributed by atoms with Crippen LogP contribution < -0.4 is 10.6 Å². The molecule has 0 fully saturated rings. The summed E-state index contributed by atoms with van der Waals surface area (Å²) in [6, 6.07) is 15.2. The highest BCUT2D eigenvalue weighted by Gasteiger charge is 2.08. The number of carbonyl (C=O) groups excluding carboxylic acids is 1. The number of hydrogen-bond acceptors (Lipinski definition) is 3. The van der Waals surface area contributed by atoms with Gasteiger partial charge >= 0.3 is 5.97 Å². The zero-order chi connectivity index (χ0) is 17.5. The minimum Gasteiger partial charge on any atom is -0.462 e. The Hall–Kier alpha value is -2.40. The van der Waals surface area contributed by atoms with Crippen LogP contribution in [-0.2, 0) is 4.74 Å². The highest BCUT2D eigenvalue weighted by molar-refractivity contribution is 7.80. The Bertz CT molecular complexity index is 729. The lowest BCUT2D eigenvalue weighted by molar-refractivity contribution is 0.0526. The molecule has 2 aromatic rings. The number of benzene rings is 2. The fraction of sp³-hybridized carbons (Fsp3) is 0.263. The summed E-state index contributed by atoms with van der Waals surface area (Å²) >= 11 is 5.35. The first kappa shape index (κ1) is 17.9. The Morgan fingerprint density at radius 1 is 1.08 bits per heavy atom. The number of rotatable bonds is 5. The number of anilines is 2. The van der Waals surface area contributed by atoms with Gasteiger partial charge in [-0.15, -0.1) is 0 Å².